The second kappa shape index (κ2) is 5.57. The van der Waals surface area contributed by atoms with Gasteiger partial charge in [-0.3, -0.25) is 4.98 Å². The van der Waals surface area contributed by atoms with E-state index in [0.717, 1.165) is 47.6 Å². The van der Waals surface area contributed by atoms with Crippen molar-refractivity contribution in [2.24, 2.45) is 5.92 Å². The standard InChI is InChI=1S/C16H19N3OS/c20-21(19-9-6-12-4-8-18-15(12)11-19)16-3-1-2-13-10-17-7-5-14(13)16/h1-3,5,7,10,12,15,18H,4,6,8-9,11H2. The summed E-state index contributed by atoms with van der Waals surface area (Å²) < 4.78 is 15.1. The van der Waals surface area contributed by atoms with Gasteiger partial charge in [-0.2, -0.15) is 0 Å². The van der Waals surface area contributed by atoms with Crippen LogP contribution in [0.2, 0.25) is 0 Å². The first-order valence-electron chi connectivity index (χ1n) is 7.56. The number of pyridine rings is 1. The average molecular weight is 301 g/mol. The first-order chi connectivity index (χ1) is 10.3. The third kappa shape index (κ3) is 2.44. The number of rotatable bonds is 2. The second-order valence-corrected chi connectivity index (χ2v) is 7.34. The van der Waals surface area contributed by atoms with Gasteiger partial charge in [0.25, 0.3) is 0 Å². The smallest absolute Gasteiger partial charge is 0.182 e. The van der Waals surface area contributed by atoms with Crippen molar-refractivity contribution in [3.05, 3.63) is 36.7 Å². The van der Waals surface area contributed by atoms with Crippen LogP contribution in [0.5, 0.6) is 0 Å². The van der Waals surface area contributed by atoms with Crippen molar-refractivity contribution in [3.63, 3.8) is 0 Å². The summed E-state index contributed by atoms with van der Waals surface area (Å²) in [6.07, 6.45) is 6.02. The molecular weight excluding hydrogens is 282 g/mol. The monoisotopic (exact) mass is 301 g/mol. The SMILES string of the molecule is [O-][S+](c1cccc2cnccc12)N1CCC2CCNC2C1. The molecule has 3 heterocycles. The maximum Gasteiger partial charge on any atom is 0.182 e. The minimum absolute atomic E-state index is 0.513. The molecule has 5 heteroatoms. The Bertz CT molecular complexity index is 645. The maximum absolute atomic E-state index is 13.0. The van der Waals surface area contributed by atoms with Crippen LogP contribution < -0.4 is 5.32 Å². The number of benzene rings is 1. The summed E-state index contributed by atoms with van der Waals surface area (Å²) in [4.78, 5) is 5.06. The predicted molar refractivity (Wildman–Crippen MR) is 84.2 cm³/mol. The van der Waals surface area contributed by atoms with E-state index in [2.05, 4.69) is 14.6 Å². The van der Waals surface area contributed by atoms with Crippen LogP contribution in [0, 0.1) is 5.92 Å². The lowest BCUT2D eigenvalue weighted by atomic mass is 9.94. The summed E-state index contributed by atoms with van der Waals surface area (Å²) in [7, 11) is 0. The molecule has 0 saturated carbocycles. The lowest BCUT2D eigenvalue weighted by molar-refractivity contribution is 0.249. The van der Waals surface area contributed by atoms with Crippen LogP contribution in [0.15, 0.2) is 41.6 Å². The van der Waals surface area contributed by atoms with Crippen molar-refractivity contribution < 1.29 is 4.55 Å². The largest absolute Gasteiger partial charge is 0.593 e. The third-order valence-electron chi connectivity index (χ3n) is 4.70. The second-order valence-electron chi connectivity index (χ2n) is 5.89. The zero-order chi connectivity index (χ0) is 14.2. The van der Waals surface area contributed by atoms with E-state index in [1.807, 2.05) is 30.5 Å². The molecule has 2 aliphatic rings. The fraction of sp³-hybridized carbons (Fsp3) is 0.438. The van der Waals surface area contributed by atoms with Crippen molar-refractivity contribution >= 4 is 22.1 Å². The highest BCUT2D eigenvalue weighted by atomic mass is 32.2. The quantitative estimate of drug-likeness (QED) is 0.861. The van der Waals surface area contributed by atoms with Gasteiger partial charge < -0.3 is 9.87 Å². The highest BCUT2D eigenvalue weighted by molar-refractivity contribution is 7.89. The van der Waals surface area contributed by atoms with Crippen LogP contribution in [0.3, 0.4) is 0 Å². The van der Waals surface area contributed by atoms with Gasteiger partial charge >= 0.3 is 0 Å². The van der Waals surface area contributed by atoms with Crippen molar-refractivity contribution in [2.75, 3.05) is 19.6 Å². The van der Waals surface area contributed by atoms with Gasteiger partial charge in [0, 0.05) is 35.8 Å². The average Bonchev–Trinajstić information content (AvgIpc) is 3.01. The molecule has 2 fully saturated rings. The first-order valence-corrected chi connectivity index (χ1v) is 8.66. The summed E-state index contributed by atoms with van der Waals surface area (Å²) in [5.41, 5.74) is 0. The summed E-state index contributed by atoms with van der Waals surface area (Å²) in [5.74, 6) is 0.773. The lowest BCUT2D eigenvalue weighted by Crippen LogP contribution is -2.48. The van der Waals surface area contributed by atoms with E-state index in [1.54, 1.807) is 6.20 Å². The molecule has 2 aromatic rings. The Balaban J connectivity index is 1.62. The van der Waals surface area contributed by atoms with Gasteiger partial charge in [-0.05, 0) is 37.4 Å². The molecule has 4 nitrogen and oxygen atoms in total. The van der Waals surface area contributed by atoms with Crippen LogP contribution in [0.1, 0.15) is 12.8 Å². The van der Waals surface area contributed by atoms with Gasteiger partial charge in [-0.15, -0.1) is 4.31 Å². The van der Waals surface area contributed by atoms with E-state index in [1.165, 1.54) is 6.42 Å². The van der Waals surface area contributed by atoms with Gasteiger partial charge in [0.05, 0.1) is 17.9 Å². The van der Waals surface area contributed by atoms with Gasteiger partial charge in [-0.1, -0.05) is 12.1 Å². The number of hydrogen-bond acceptors (Lipinski definition) is 4. The van der Waals surface area contributed by atoms with Crippen LogP contribution >= 0.6 is 0 Å². The molecule has 2 aliphatic heterocycles. The lowest BCUT2D eigenvalue weighted by Gasteiger charge is -2.34. The maximum atomic E-state index is 13.0. The van der Waals surface area contributed by atoms with Crippen molar-refractivity contribution in [3.8, 4) is 0 Å². The Morgan fingerprint density at radius 1 is 1.29 bits per heavy atom. The van der Waals surface area contributed by atoms with E-state index >= 15 is 0 Å². The summed E-state index contributed by atoms with van der Waals surface area (Å²) in [6, 6.07) is 8.45. The molecule has 21 heavy (non-hydrogen) atoms. The Morgan fingerprint density at radius 2 is 2.24 bits per heavy atom. The number of piperidine rings is 1. The normalized spacial score (nSPS) is 27.7. The number of fused-ring (bicyclic) bond motifs is 2. The zero-order valence-corrected chi connectivity index (χ0v) is 12.7. The van der Waals surface area contributed by atoms with Gasteiger partial charge in [0.1, 0.15) is 0 Å². The molecule has 0 spiro atoms. The van der Waals surface area contributed by atoms with Gasteiger partial charge in [0.2, 0.25) is 0 Å². The van der Waals surface area contributed by atoms with Crippen LogP contribution in [0.25, 0.3) is 10.8 Å². The van der Waals surface area contributed by atoms with Crippen LogP contribution in [-0.4, -0.2) is 39.5 Å². The number of nitrogens with one attached hydrogen (secondary N) is 1. The molecule has 1 aromatic carbocycles. The number of nitrogens with zero attached hydrogens (tertiary/aromatic N) is 2. The third-order valence-corrected chi connectivity index (χ3v) is 6.24. The Kier molecular flexibility index (Phi) is 3.59. The molecule has 3 unspecified atom stereocenters. The molecule has 0 bridgehead atoms. The van der Waals surface area contributed by atoms with E-state index < -0.39 is 11.4 Å². The molecule has 1 N–H and O–H groups in total. The molecule has 3 atom stereocenters. The van der Waals surface area contributed by atoms with E-state index in [-0.39, 0.29) is 0 Å². The van der Waals surface area contributed by atoms with Crippen LogP contribution in [0.4, 0.5) is 0 Å². The van der Waals surface area contributed by atoms with E-state index in [9.17, 15) is 4.55 Å². The molecule has 0 radical (unpaired) electrons. The minimum atomic E-state index is -1.09. The fourth-order valence-corrected chi connectivity index (χ4v) is 4.95. The molecule has 1 aromatic heterocycles. The van der Waals surface area contributed by atoms with Crippen molar-refractivity contribution in [2.45, 2.75) is 23.8 Å². The Labute approximate surface area is 127 Å². The van der Waals surface area contributed by atoms with Crippen molar-refractivity contribution in [1.82, 2.24) is 14.6 Å². The van der Waals surface area contributed by atoms with Crippen LogP contribution in [-0.2, 0) is 11.4 Å². The highest BCUT2D eigenvalue weighted by Gasteiger charge is 2.37. The molecule has 2 saturated heterocycles. The fourth-order valence-electron chi connectivity index (χ4n) is 3.54. The summed E-state index contributed by atoms with van der Waals surface area (Å²) in [6.45, 7) is 2.92. The summed E-state index contributed by atoms with van der Waals surface area (Å²) in [5, 5.41) is 5.65. The van der Waals surface area contributed by atoms with E-state index in [4.69, 9.17) is 0 Å². The molecule has 110 valence electrons. The predicted octanol–water partition coefficient (Wildman–Crippen LogP) is 1.94. The molecule has 0 aliphatic carbocycles. The molecular formula is C16H19N3OS. The molecule has 4 rings (SSSR count). The van der Waals surface area contributed by atoms with Gasteiger partial charge in [-0.25, -0.2) is 0 Å². The van der Waals surface area contributed by atoms with Crippen molar-refractivity contribution in [1.29, 1.82) is 0 Å². The first kappa shape index (κ1) is 13.5. The topological polar surface area (TPSA) is 51.2 Å². The highest BCUT2D eigenvalue weighted by Crippen LogP contribution is 2.31. The van der Waals surface area contributed by atoms with E-state index in [0.29, 0.717) is 6.04 Å². The summed E-state index contributed by atoms with van der Waals surface area (Å²) >= 11 is -1.09. The molecule has 0 amide bonds. The minimum Gasteiger partial charge on any atom is -0.593 e. The zero-order valence-electron chi connectivity index (χ0n) is 11.9. The Hall–Kier alpha value is -1.14. The Morgan fingerprint density at radius 3 is 3.19 bits per heavy atom. The number of hydrogen-bond donors (Lipinski definition) is 1. The van der Waals surface area contributed by atoms with Gasteiger partial charge in [0.15, 0.2) is 4.90 Å². The number of aromatic nitrogens is 1.